The number of benzene rings is 2. The maximum atomic E-state index is 13.0. The van der Waals surface area contributed by atoms with E-state index in [9.17, 15) is 18.6 Å². The van der Waals surface area contributed by atoms with Crippen LogP contribution in [0.15, 0.2) is 28.0 Å². The summed E-state index contributed by atoms with van der Waals surface area (Å²) >= 11 is 0. The minimum atomic E-state index is -3.78. The molecule has 2 aromatic rings. The van der Waals surface area contributed by atoms with E-state index in [0.29, 0.717) is 27.8 Å². The smallest absolute Gasteiger partial charge is 0.207 e. The average Bonchev–Trinajstić information content (AvgIpc) is 2.41. The van der Waals surface area contributed by atoms with Gasteiger partial charge in [0.05, 0.1) is 9.79 Å². The van der Waals surface area contributed by atoms with Gasteiger partial charge in [-0.1, -0.05) is 6.07 Å². The summed E-state index contributed by atoms with van der Waals surface area (Å²) in [5.74, 6) is 0.0639. The molecule has 0 spiro atoms. The van der Waals surface area contributed by atoms with Gasteiger partial charge in [-0.3, -0.25) is 0 Å². The summed E-state index contributed by atoms with van der Waals surface area (Å²) < 4.78 is 26.1. The van der Waals surface area contributed by atoms with Gasteiger partial charge in [0.25, 0.3) is 0 Å². The van der Waals surface area contributed by atoms with Crippen LogP contribution in [0.3, 0.4) is 0 Å². The number of phenols is 2. The lowest BCUT2D eigenvalue weighted by Crippen LogP contribution is -2.09. The molecule has 0 radical (unpaired) electrons. The third-order valence-electron chi connectivity index (χ3n) is 4.13. The molecule has 0 aromatic heterocycles. The Morgan fingerprint density at radius 1 is 0.818 bits per heavy atom. The number of hydrogen-bond donors (Lipinski definition) is 2. The van der Waals surface area contributed by atoms with Crippen LogP contribution in [0.5, 0.6) is 11.5 Å². The van der Waals surface area contributed by atoms with Crippen LogP contribution in [0.25, 0.3) is 0 Å². The molecular formula is C17H20O4S. The van der Waals surface area contributed by atoms with Crippen LogP contribution in [0.2, 0.25) is 0 Å². The zero-order valence-corrected chi connectivity index (χ0v) is 14.2. The summed E-state index contributed by atoms with van der Waals surface area (Å²) in [6.07, 6.45) is 0. The van der Waals surface area contributed by atoms with E-state index in [0.717, 1.165) is 0 Å². The van der Waals surface area contributed by atoms with Crippen LogP contribution in [-0.2, 0) is 9.84 Å². The summed E-state index contributed by atoms with van der Waals surface area (Å²) in [5, 5.41) is 19.8. The molecule has 0 unspecified atom stereocenters. The summed E-state index contributed by atoms with van der Waals surface area (Å²) in [5.41, 5.74) is 2.64. The number of aryl methyl sites for hydroxylation is 2. The third-order valence-corrected chi connectivity index (χ3v) is 6.31. The van der Waals surface area contributed by atoms with E-state index in [4.69, 9.17) is 0 Å². The van der Waals surface area contributed by atoms with Gasteiger partial charge in [-0.05, 0) is 69.0 Å². The molecule has 0 amide bonds. The first kappa shape index (κ1) is 16.4. The molecule has 0 saturated carbocycles. The number of aromatic hydroxyl groups is 2. The van der Waals surface area contributed by atoms with Crippen LogP contribution < -0.4 is 0 Å². The van der Waals surface area contributed by atoms with Crippen molar-refractivity contribution in [2.75, 3.05) is 0 Å². The Labute approximate surface area is 131 Å². The number of hydrogen-bond acceptors (Lipinski definition) is 4. The number of phenolic OH excluding ortho intramolecular Hbond substituents is 2. The van der Waals surface area contributed by atoms with E-state index in [1.54, 1.807) is 40.7 Å². The van der Waals surface area contributed by atoms with E-state index in [-0.39, 0.29) is 21.3 Å². The maximum absolute atomic E-state index is 13.0. The van der Waals surface area contributed by atoms with Crippen LogP contribution in [0.4, 0.5) is 0 Å². The van der Waals surface area contributed by atoms with E-state index in [2.05, 4.69) is 0 Å². The summed E-state index contributed by atoms with van der Waals surface area (Å²) in [4.78, 5) is 0.279. The molecule has 0 aliphatic carbocycles. The molecule has 0 atom stereocenters. The van der Waals surface area contributed by atoms with E-state index >= 15 is 0 Å². The molecule has 2 N–H and O–H groups in total. The molecule has 0 aliphatic heterocycles. The Balaban J connectivity index is 2.83. The SMILES string of the molecule is Cc1cc(C)c(S(=O)(=O)c2ccc(O)c(C)c2C)c(C)c1O. The van der Waals surface area contributed by atoms with Gasteiger partial charge in [-0.15, -0.1) is 0 Å². The highest BCUT2D eigenvalue weighted by Gasteiger charge is 2.27. The van der Waals surface area contributed by atoms with Crippen molar-refractivity contribution in [3.63, 3.8) is 0 Å². The molecular weight excluding hydrogens is 300 g/mol. The highest BCUT2D eigenvalue weighted by atomic mass is 32.2. The predicted octanol–water partition coefficient (Wildman–Crippen LogP) is 3.47. The normalized spacial score (nSPS) is 11.7. The van der Waals surface area contributed by atoms with Crippen molar-refractivity contribution in [2.24, 2.45) is 0 Å². The molecule has 2 rings (SSSR count). The fraction of sp³-hybridized carbons (Fsp3) is 0.294. The molecule has 0 heterocycles. The Hall–Kier alpha value is -2.01. The van der Waals surface area contributed by atoms with Crippen molar-refractivity contribution < 1.29 is 18.6 Å². The molecule has 0 saturated heterocycles. The van der Waals surface area contributed by atoms with Crippen molar-refractivity contribution in [3.05, 3.63) is 46.0 Å². The van der Waals surface area contributed by atoms with Gasteiger partial charge in [0.2, 0.25) is 9.84 Å². The van der Waals surface area contributed by atoms with Crippen molar-refractivity contribution in [1.29, 1.82) is 0 Å². The van der Waals surface area contributed by atoms with Crippen molar-refractivity contribution in [1.82, 2.24) is 0 Å². The van der Waals surface area contributed by atoms with Gasteiger partial charge in [0.1, 0.15) is 11.5 Å². The Bertz CT molecular complexity index is 865. The number of rotatable bonds is 2. The first-order valence-electron chi connectivity index (χ1n) is 6.93. The summed E-state index contributed by atoms with van der Waals surface area (Å²) in [6.45, 7) is 8.40. The fourth-order valence-electron chi connectivity index (χ4n) is 2.75. The van der Waals surface area contributed by atoms with Crippen molar-refractivity contribution >= 4 is 9.84 Å². The average molecular weight is 320 g/mol. The molecule has 118 valence electrons. The van der Waals surface area contributed by atoms with Crippen molar-refractivity contribution in [2.45, 2.75) is 44.4 Å². The van der Waals surface area contributed by atoms with E-state index in [1.165, 1.54) is 12.1 Å². The first-order valence-corrected chi connectivity index (χ1v) is 8.41. The Morgan fingerprint density at radius 3 is 2.00 bits per heavy atom. The topological polar surface area (TPSA) is 74.6 Å². The predicted molar refractivity (Wildman–Crippen MR) is 85.4 cm³/mol. The maximum Gasteiger partial charge on any atom is 0.207 e. The minimum Gasteiger partial charge on any atom is -0.508 e. The molecule has 0 fully saturated rings. The van der Waals surface area contributed by atoms with Crippen LogP contribution >= 0.6 is 0 Å². The van der Waals surface area contributed by atoms with Crippen LogP contribution in [-0.4, -0.2) is 18.6 Å². The molecule has 2 aromatic carbocycles. The van der Waals surface area contributed by atoms with Gasteiger partial charge in [-0.25, -0.2) is 8.42 Å². The van der Waals surface area contributed by atoms with Gasteiger partial charge >= 0.3 is 0 Å². The fourth-order valence-corrected chi connectivity index (χ4v) is 4.76. The highest BCUT2D eigenvalue weighted by molar-refractivity contribution is 7.91. The second-order valence-corrected chi connectivity index (χ2v) is 7.50. The zero-order chi connectivity index (χ0) is 16.8. The largest absolute Gasteiger partial charge is 0.508 e. The standard InChI is InChI=1S/C17H20O4S/c1-9-8-10(2)17(13(5)16(9)19)22(20,21)15-7-6-14(18)11(3)12(15)4/h6-8,18-19H,1-5H3. The quantitative estimate of drug-likeness (QED) is 0.888. The molecule has 4 nitrogen and oxygen atoms in total. The Morgan fingerprint density at radius 2 is 1.41 bits per heavy atom. The van der Waals surface area contributed by atoms with Gasteiger partial charge < -0.3 is 10.2 Å². The first-order chi connectivity index (χ1) is 10.1. The van der Waals surface area contributed by atoms with Crippen molar-refractivity contribution in [3.8, 4) is 11.5 Å². The van der Waals surface area contributed by atoms with Crippen LogP contribution in [0, 0.1) is 34.6 Å². The summed E-state index contributed by atoms with van der Waals surface area (Å²) in [7, 11) is -3.78. The molecule has 5 heteroatoms. The second-order valence-electron chi connectivity index (χ2n) is 5.65. The lowest BCUT2D eigenvalue weighted by atomic mass is 10.1. The molecule has 22 heavy (non-hydrogen) atoms. The van der Waals surface area contributed by atoms with Gasteiger partial charge in [0, 0.05) is 5.56 Å². The lowest BCUT2D eigenvalue weighted by Gasteiger charge is -2.16. The van der Waals surface area contributed by atoms with E-state index < -0.39 is 9.84 Å². The lowest BCUT2D eigenvalue weighted by molar-refractivity contribution is 0.463. The van der Waals surface area contributed by atoms with E-state index in [1.807, 2.05) is 0 Å². The zero-order valence-electron chi connectivity index (χ0n) is 13.4. The minimum absolute atomic E-state index is 0.00247. The molecule has 0 bridgehead atoms. The van der Waals surface area contributed by atoms with Crippen LogP contribution in [0.1, 0.15) is 27.8 Å². The van der Waals surface area contributed by atoms with Gasteiger partial charge in [0.15, 0.2) is 0 Å². The highest BCUT2D eigenvalue weighted by Crippen LogP contribution is 2.36. The molecule has 0 aliphatic rings. The Kier molecular flexibility index (Phi) is 3.96. The van der Waals surface area contributed by atoms with Gasteiger partial charge in [-0.2, -0.15) is 0 Å². The summed E-state index contributed by atoms with van der Waals surface area (Å²) in [6, 6.07) is 4.45. The number of sulfone groups is 1. The third kappa shape index (κ3) is 2.35. The monoisotopic (exact) mass is 320 g/mol. The second kappa shape index (κ2) is 5.32.